The van der Waals surface area contributed by atoms with Gasteiger partial charge < -0.3 is 58.7 Å². The molecule has 2 atom stereocenters. The zero-order valence-electron chi connectivity index (χ0n) is 46.5. The van der Waals surface area contributed by atoms with Gasteiger partial charge in [0.25, 0.3) is 11.8 Å². The van der Waals surface area contributed by atoms with Crippen LogP contribution in [0.2, 0.25) is 0 Å². The number of nitrogens with zero attached hydrogens (tertiary/aromatic N) is 4. The zero-order chi connectivity index (χ0) is 54.4. The summed E-state index contributed by atoms with van der Waals surface area (Å²) in [6.45, 7) is 12.6. The van der Waals surface area contributed by atoms with Crippen LogP contribution in [0, 0.1) is 6.92 Å². The number of aryl methyl sites for hydroxylation is 1. The van der Waals surface area contributed by atoms with Crippen molar-refractivity contribution in [1.82, 2.24) is 15.1 Å². The van der Waals surface area contributed by atoms with Crippen molar-refractivity contribution in [2.24, 2.45) is 0 Å². The van der Waals surface area contributed by atoms with E-state index < -0.39 is 0 Å². The van der Waals surface area contributed by atoms with E-state index >= 15 is 0 Å². The predicted molar refractivity (Wildman–Crippen MR) is 306 cm³/mol. The molecule has 1 unspecified atom stereocenters. The van der Waals surface area contributed by atoms with Gasteiger partial charge >= 0.3 is 0 Å². The van der Waals surface area contributed by atoms with Crippen LogP contribution in [0.25, 0.3) is 0 Å². The number of nitrogens with one attached hydrogen (secondary N) is 2. The molecule has 0 fully saturated rings. The Morgan fingerprint density at radius 2 is 1.32 bits per heavy atom. The molecule has 4 aliphatic heterocycles. The number of carbonyl (C=O) groups is 3. The van der Waals surface area contributed by atoms with Gasteiger partial charge in [-0.15, -0.1) is 0 Å². The zero-order valence-corrected chi connectivity index (χ0v) is 46.5. The average molecular weight is 1070 g/mol. The minimum atomic E-state index is -0.0363. The van der Waals surface area contributed by atoms with Crippen LogP contribution in [-0.4, -0.2) is 133 Å². The second kappa shape index (κ2) is 27.3. The summed E-state index contributed by atoms with van der Waals surface area (Å²) in [5, 5.41) is 6.95. The number of ether oxygens (including phenoxy) is 6. The Labute approximate surface area is 461 Å². The lowest BCUT2D eigenvalue weighted by atomic mass is 9.93. The molecule has 0 aromatic heterocycles. The van der Waals surface area contributed by atoms with E-state index in [-0.39, 0.29) is 42.9 Å². The summed E-state index contributed by atoms with van der Waals surface area (Å²) in [5.74, 6) is 1.98. The number of hydrogen-bond acceptors (Lipinski definition) is 13. The molecule has 78 heavy (non-hydrogen) atoms. The summed E-state index contributed by atoms with van der Waals surface area (Å²) in [6, 6.07) is 31.0. The lowest BCUT2D eigenvalue weighted by Crippen LogP contribution is -2.47. The molecule has 0 aliphatic carbocycles. The summed E-state index contributed by atoms with van der Waals surface area (Å²) >= 11 is 0. The number of benzene rings is 5. The maximum atomic E-state index is 14.3. The van der Waals surface area contributed by atoms with Crippen LogP contribution in [0.15, 0.2) is 91.0 Å². The fourth-order valence-corrected chi connectivity index (χ4v) is 11.4. The third-order valence-electron chi connectivity index (χ3n) is 15.7. The van der Waals surface area contributed by atoms with E-state index in [0.29, 0.717) is 126 Å². The molecule has 2 N–H and O–H groups in total. The van der Waals surface area contributed by atoms with Crippen molar-refractivity contribution in [2.45, 2.75) is 104 Å². The van der Waals surface area contributed by atoms with Gasteiger partial charge in [-0.2, -0.15) is 0 Å². The molecule has 4 aliphatic rings. The molecule has 15 heteroatoms. The summed E-state index contributed by atoms with van der Waals surface area (Å²) in [7, 11) is 5.32. The second-order valence-electron chi connectivity index (χ2n) is 21.2. The Morgan fingerprint density at radius 1 is 0.679 bits per heavy atom. The lowest BCUT2D eigenvalue weighted by molar-refractivity contribution is -0.119. The molecule has 416 valence electrons. The molecule has 5 aromatic carbocycles. The number of Topliss-reactive ketones (excluding diaryl/α,β-unsaturated/α-hetero) is 1. The van der Waals surface area contributed by atoms with Crippen LogP contribution in [-0.2, 0) is 58.2 Å². The number of fused-ring (bicyclic) bond motifs is 6. The van der Waals surface area contributed by atoms with Gasteiger partial charge in [-0.3, -0.25) is 14.4 Å². The van der Waals surface area contributed by atoms with Crippen molar-refractivity contribution in [3.8, 4) is 17.2 Å². The SMILES string of the molecule is CCNCCCCCC(=O)CCCN(CCOCCOCCOC)c1cc(COc2cc3c(cc2C)C(=O)N2Cc4ccccc4CC2CN3C)cc(COc2cc3c(cc2OC)C(=O)N2Cc4ccccc4C[C@H]2CN3)c1. The lowest BCUT2D eigenvalue weighted by Gasteiger charge is -2.36. The normalized spacial score (nSPS) is 16.4. The Hall–Kier alpha value is -6.65. The molecule has 0 spiro atoms. The highest BCUT2D eigenvalue weighted by Gasteiger charge is 2.37. The van der Waals surface area contributed by atoms with Crippen molar-refractivity contribution in [2.75, 3.05) is 109 Å². The fourth-order valence-electron chi connectivity index (χ4n) is 11.4. The maximum absolute atomic E-state index is 14.3. The highest BCUT2D eigenvalue weighted by Crippen LogP contribution is 2.40. The van der Waals surface area contributed by atoms with E-state index in [9.17, 15) is 14.4 Å². The first-order valence-corrected chi connectivity index (χ1v) is 28.2. The fraction of sp³-hybridized carbons (Fsp3) is 0.476. The molecule has 2 amide bonds. The first-order valence-electron chi connectivity index (χ1n) is 28.2. The van der Waals surface area contributed by atoms with Crippen LogP contribution in [0.1, 0.15) is 105 Å². The largest absolute Gasteiger partial charge is 0.493 e. The number of anilines is 3. The smallest absolute Gasteiger partial charge is 0.256 e. The molecule has 0 saturated heterocycles. The van der Waals surface area contributed by atoms with E-state index in [1.54, 1.807) is 20.3 Å². The van der Waals surface area contributed by atoms with Crippen molar-refractivity contribution >= 4 is 34.7 Å². The summed E-state index contributed by atoms with van der Waals surface area (Å²) in [4.78, 5) is 50.3. The van der Waals surface area contributed by atoms with Crippen LogP contribution in [0.3, 0.4) is 0 Å². The highest BCUT2D eigenvalue weighted by atomic mass is 16.5. The first kappa shape index (κ1) is 56.1. The minimum absolute atomic E-state index is 0.0103. The molecule has 0 bridgehead atoms. The number of rotatable bonds is 28. The van der Waals surface area contributed by atoms with Crippen molar-refractivity contribution in [3.05, 3.63) is 141 Å². The molecular formula is C63H80N6O9. The Kier molecular flexibility index (Phi) is 19.6. The van der Waals surface area contributed by atoms with Gasteiger partial charge in [0.2, 0.25) is 0 Å². The highest BCUT2D eigenvalue weighted by molar-refractivity contribution is 6.02. The number of unbranched alkanes of at least 4 members (excludes halogenated alkanes) is 2. The molecule has 9 rings (SSSR count). The molecule has 4 heterocycles. The number of amides is 2. The molecule has 5 aromatic rings. The Balaban J connectivity index is 0.963. The van der Waals surface area contributed by atoms with Gasteiger partial charge in [-0.1, -0.05) is 61.9 Å². The van der Waals surface area contributed by atoms with E-state index in [2.05, 4.69) is 89.0 Å². The van der Waals surface area contributed by atoms with Crippen LogP contribution >= 0.6 is 0 Å². The van der Waals surface area contributed by atoms with Crippen molar-refractivity contribution in [1.29, 1.82) is 0 Å². The van der Waals surface area contributed by atoms with Gasteiger partial charge in [-0.05, 0) is 121 Å². The van der Waals surface area contributed by atoms with Crippen molar-refractivity contribution < 1.29 is 42.8 Å². The van der Waals surface area contributed by atoms with E-state index in [4.69, 9.17) is 28.4 Å². The maximum Gasteiger partial charge on any atom is 0.256 e. The molecule has 15 nitrogen and oxygen atoms in total. The monoisotopic (exact) mass is 1060 g/mol. The third kappa shape index (κ3) is 14.0. The van der Waals surface area contributed by atoms with Crippen molar-refractivity contribution in [3.63, 3.8) is 0 Å². The van der Waals surface area contributed by atoms with Gasteiger partial charge in [0.05, 0.1) is 74.7 Å². The predicted octanol–water partition coefficient (Wildman–Crippen LogP) is 9.18. The number of carbonyl (C=O) groups excluding carboxylic acids is 3. The minimum Gasteiger partial charge on any atom is -0.493 e. The van der Waals surface area contributed by atoms with E-state index in [1.807, 2.05) is 47.1 Å². The van der Waals surface area contributed by atoms with E-state index in [0.717, 1.165) is 73.3 Å². The average Bonchev–Trinajstić information content (AvgIpc) is 3.72. The number of methoxy groups -OCH3 is 2. The third-order valence-corrected chi connectivity index (χ3v) is 15.7. The van der Waals surface area contributed by atoms with Crippen LogP contribution < -0.4 is 34.6 Å². The van der Waals surface area contributed by atoms with Gasteiger partial charge in [-0.25, -0.2) is 0 Å². The van der Waals surface area contributed by atoms with Crippen LogP contribution in [0.4, 0.5) is 17.1 Å². The summed E-state index contributed by atoms with van der Waals surface area (Å²) in [5.41, 5.74) is 11.4. The van der Waals surface area contributed by atoms with Gasteiger partial charge in [0.1, 0.15) is 24.7 Å². The number of ketones is 1. The topological polar surface area (TPSA) is 144 Å². The van der Waals surface area contributed by atoms with Gasteiger partial charge in [0, 0.05) is 84.1 Å². The number of hydrogen-bond donors (Lipinski definition) is 2. The molecular weight excluding hydrogens is 985 g/mol. The number of likely N-dealkylation sites (N-methyl/N-ethyl adjacent to an activating group) is 1. The molecule has 0 radical (unpaired) electrons. The summed E-state index contributed by atoms with van der Waals surface area (Å²) in [6.07, 6.45) is 6.38. The Bertz CT molecular complexity index is 2860. The van der Waals surface area contributed by atoms with Crippen LogP contribution in [0.5, 0.6) is 17.2 Å². The standard InChI is InChI=1S/C63H80N6O9/c1-6-64-21-13-7-8-19-54(70)20-14-22-67(23-24-75-27-28-76-26-25-73-4)51-31-45(42-77-59-37-58-56(29-44(59)2)63(72)69-40-50-18-12-10-16-48(50)34-53(69)41-66(58)3)30-46(32-51)43-78-61-36-57-55(35-60(61)74-5)62(71)68-39-49-17-11-9-15-47(49)33-52(68)38-65-57/h9-12,15-18,29-32,35-37,52-53,64-65H,6-8,13-14,19-28,33-34,38-43H2,1-5H3/t52-,53?/m0/s1. The second-order valence-corrected chi connectivity index (χ2v) is 21.2. The first-order chi connectivity index (χ1) is 38.1. The quantitative estimate of drug-likeness (QED) is 0.0460. The molecule has 0 saturated carbocycles. The Morgan fingerprint density at radius 3 is 2.03 bits per heavy atom. The van der Waals surface area contributed by atoms with E-state index in [1.165, 1.54) is 22.3 Å². The van der Waals surface area contributed by atoms with Gasteiger partial charge in [0.15, 0.2) is 11.5 Å². The summed E-state index contributed by atoms with van der Waals surface area (Å²) < 4.78 is 36.3.